The molecular formula is C28H23ClN4O. The lowest BCUT2D eigenvalue weighted by Crippen LogP contribution is -2.17. The van der Waals surface area contributed by atoms with E-state index < -0.39 is 0 Å². The summed E-state index contributed by atoms with van der Waals surface area (Å²) in [6.07, 6.45) is 6.42. The Kier molecular flexibility index (Phi) is 5.27. The Morgan fingerprint density at radius 1 is 0.941 bits per heavy atom. The number of halogens is 1. The van der Waals surface area contributed by atoms with Gasteiger partial charge in [0.2, 0.25) is 5.56 Å². The van der Waals surface area contributed by atoms with Gasteiger partial charge in [-0.3, -0.25) is 9.78 Å². The minimum absolute atomic E-state index is 0.168. The van der Waals surface area contributed by atoms with Gasteiger partial charge in [-0.05, 0) is 42.7 Å². The van der Waals surface area contributed by atoms with Crippen LogP contribution in [0.15, 0.2) is 77.7 Å². The van der Waals surface area contributed by atoms with Crippen LogP contribution in [0.25, 0.3) is 44.3 Å². The van der Waals surface area contributed by atoms with Crippen molar-refractivity contribution in [3.05, 3.63) is 88.3 Å². The highest BCUT2D eigenvalue weighted by molar-refractivity contribution is 6.35. The van der Waals surface area contributed by atoms with Crippen LogP contribution in [-0.4, -0.2) is 21.0 Å². The highest BCUT2D eigenvalue weighted by Crippen LogP contribution is 2.43. The fraction of sp³-hybridized carbons (Fsp3) is 0.179. The lowest BCUT2D eigenvalue weighted by atomic mass is 9.94. The van der Waals surface area contributed by atoms with Crippen molar-refractivity contribution < 1.29 is 0 Å². The Hall–Kier alpha value is -3.70. The maximum absolute atomic E-state index is 12.2. The number of aromatic amines is 1. The Morgan fingerprint density at radius 2 is 1.76 bits per heavy atom. The first-order chi connectivity index (χ1) is 16.7. The van der Waals surface area contributed by atoms with Crippen LogP contribution < -0.4 is 10.9 Å². The summed E-state index contributed by atoms with van der Waals surface area (Å²) in [4.78, 5) is 24.6. The molecule has 0 unspecified atom stereocenters. The average Bonchev–Trinajstić information content (AvgIpc) is 3.37. The molecule has 168 valence electrons. The summed E-state index contributed by atoms with van der Waals surface area (Å²) >= 11 is 6.72. The van der Waals surface area contributed by atoms with Gasteiger partial charge in [0.15, 0.2) is 0 Å². The van der Waals surface area contributed by atoms with E-state index in [1.807, 2.05) is 54.6 Å². The number of hydrogen-bond acceptors (Lipinski definition) is 4. The molecule has 2 aromatic carbocycles. The highest BCUT2D eigenvalue weighted by Gasteiger charge is 2.23. The van der Waals surface area contributed by atoms with E-state index in [-0.39, 0.29) is 5.56 Å². The van der Waals surface area contributed by atoms with Crippen LogP contribution in [0, 0.1) is 0 Å². The zero-order valence-corrected chi connectivity index (χ0v) is 19.3. The van der Waals surface area contributed by atoms with Gasteiger partial charge < -0.3 is 10.3 Å². The summed E-state index contributed by atoms with van der Waals surface area (Å²) in [5, 5.41) is 6.29. The van der Waals surface area contributed by atoms with Crippen molar-refractivity contribution in [1.29, 1.82) is 0 Å². The second kappa shape index (κ2) is 8.58. The van der Waals surface area contributed by atoms with Gasteiger partial charge in [-0.15, -0.1) is 0 Å². The molecule has 5 aromatic rings. The Morgan fingerprint density at radius 3 is 2.59 bits per heavy atom. The SMILES string of the molecule is O=c1ccc2c(NC3CCCC3)c(-c3cc(Cl)c4ncccc4c3)c(-c3ccccc3)nc2[nH]1. The van der Waals surface area contributed by atoms with Crippen LogP contribution in [0.5, 0.6) is 0 Å². The predicted octanol–water partition coefficient (Wildman–Crippen LogP) is 6.81. The predicted molar refractivity (Wildman–Crippen MR) is 139 cm³/mol. The number of H-pyrrole nitrogens is 1. The Balaban J connectivity index is 1.71. The number of aromatic nitrogens is 3. The zero-order valence-electron chi connectivity index (χ0n) is 18.5. The third-order valence-electron chi connectivity index (χ3n) is 6.58. The summed E-state index contributed by atoms with van der Waals surface area (Å²) < 4.78 is 0. The van der Waals surface area contributed by atoms with Crippen molar-refractivity contribution in [3.63, 3.8) is 0 Å². The molecule has 1 fully saturated rings. The van der Waals surface area contributed by atoms with E-state index in [2.05, 4.69) is 21.4 Å². The number of nitrogens with zero attached hydrogens (tertiary/aromatic N) is 2. The van der Waals surface area contributed by atoms with Crippen LogP contribution in [0.3, 0.4) is 0 Å². The number of benzene rings is 2. The normalized spacial score (nSPS) is 14.1. The molecule has 6 rings (SSSR count). The van der Waals surface area contributed by atoms with Gasteiger partial charge in [-0.2, -0.15) is 0 Å². The van der Waals surface area contributed by atoms with Crippen molar-refractivity contribution in [1.82, 2.24) is 15.0 Å². The third-order valence-corrected chi connectivity index (χ3v) is 6.86. The molecule has 1 saturated carbocycles. The zero-order chi connectivity index (χ0) is 23.1. The van der Waals surface area contributed by atoms with Gasteiger partial charge >= 0.3 is 0 Å². The van der Waals surface area contributed by atoms with E-state index in [1.54, 1.807) is 12.3 Å². The van der Waals surface area contributed by atoms with E-state index in [9.17, 15) is 4.79 Å². The summed E-state index contributed by atoms with van der Waals surface area (Å²) in [5.74, 6) is 0. The van der Waals surface area contributed by atoms with E-state index in [4.69, 9.17) is 16.6 Å². The molecule has 0 spiro atoms. The first-order valence-electron chi connectivity index (χ1n) is 11.6. The van der Waals surface area contributed by atoms with Gasteiger partial charge in [-0.25, -0.2) is 4.98 Å². The summed E-state index contributed by atoms with van der Waals surface area (Å²) in [5.41, 5.74) is 5.87. The standard InChI is InChI=1S/C28H23ClN4O/c29-22-16-19(15-18-9-6-14-30-25(18)22)24-26(17-7-2-1-3-8-17)33-28-21(12-13-23(34)32-28)27(24)31-20-10-4-5-11-20/h1-3,6-9,12-16,20H,4-5,10-11H2,(H2,31,32,33,34). The number of rotatable bonds is 4. The summed E-state index contributed by atoms with van der Waals surface area (Å²) in [6, 6.07) is 21.9. The van der Waals surface area contributed by atoms with Crippen molar-refractivity contribution in [2.24, 2.45) is 0 Å². The molecule has 3 heterocycles. The lowest BCUT2D eigenvalue weighted by Gasteiger charge is -2.22. The molecule has 0 radical (unpaired) electrons. The van der Waals surface area contributed by atoms with Crippen LogP contribution in [0.4, 0.5) is 5.69 Å². The fourth-order valence-electron chi connectivity index (χ4n) is 4.98. The molecule has 6 heteroatoms. The summed E-state index contributed by atoms with van der Waals surface area (Å²) in [7, 11) is 0. The molecule has 1 aliphatic rings. The van der Waals surface area contributed by atoms with Crippen molar-refractivity contribution in [2.45, 2.75) is 31.7 Å². The minimum atomic E-state index is -0.168. The number of fused-ring (bicyclic) bond motifs is 2. The van der Waals surface area contributed by atoms with E-state index in [0.717, 1.165) is 57.2 Å². The Labute approximate surface area is 201 Å². The van der Waals surface area contributed by atoms with Crippen molar-refractivity contribution in [2.75, 3.05) is 5.32 Å². The number of pyridine rings is 3. The third kappa shape index (κ3) is 3.72. The quantitative estimate of drug-likeness (QED) is 0.305. The van der Waals surface area contributed by atoms with Gasteiger partial charge in [0.05, 0.1) is 21.9 Å². The van der Waals surface area contributed by atoms with Gasteiger partial charge in [0, 0.05) is 40.2 Å². The highest BCUT2D eigenvalue weighted by atomic mass is 35.5. The first kappa shape index (κ1) is 20.9. The van der Waals surface area contributed by atoms with Gasteiger partial charge in [0.1, 0.15) is 5.65 Å². The number of anilines is 1. The topological polar surface area (TPSA) is 70.7 Å². The van der Waals surface area contributed by atoms with E-state index in [0.29, 0.717) is 16.7 Å². The van der Waals surface area contributed by atoms with Crippen LogP contribution >= 0.6 is 11.6 Å². The lowest BCUT2D eigenvalue weighted by molar-refractivity contribution is 0.757. The second-order valence-electron chi connectivity index (χ2n) is 8.82. The number of nitrogens with one attached hydrogen (secondary N) is 2. The fourth-order valence-corrected chi connectivity index (χ4v) is 5.25. The molecule has 34 heavy (non-hydrogen) atoms. The molecular weight excluding hydrogens is 444 g/mol. The molecule has 0 atom stereocenters. The Bertz CT molecular complexity index is 1570. The molecule has 3 aromatic heterocycles. The van der Waals surface area contributed by atoms with E-state index in [1.165, 1.54) is 12.8 Å². The van der Waals surface area contributed by atoms with Crippen LogP contribution in [0.2, 0.25) is 5.02 Å². The maximum atomic E-state index is 12.2. The molecule has 0 amide bonds. The molecule has 5 nitrogen and oxygen atoms in total. The van der Waals surface area contributed by atoms with Gasteiger partial charge in [-0.1, -0.05) is 60.8 Å². The van der Waals surface area contributed by atoms with Crippen molar-refractivity contribution >= 4 is 39.2 Å². The largest absolute Gasteiger partial charge is 0.381 e. The van der Waals surface area contributed by atoms with Crippen LogP contribution in [0.1, 0.15) is 25.7 Å². The molecule has 2 N–H and O–H groups in total. The first-order valence-corrected chi connectivity index (χ1v) is 12.0. The monoisotopic (exact) mass is 466 g/mol. The minimum Gasteiger partial charge on any atom is -0.381 e. The van der Waals surface area contributed by atoms with Crippen LogP contribution in [-0.2, 0) is 0 Å². The maximum Gasteiger partial charge on any atom is 0.249 e. The molecule has 0 saturated heterocycles. The van der Waals surface area contributed by atoms with Crippen molar-refractivity contribution in [3.8, 4) is 22.4 Å². The van der Waals surface area contributed by atoms with Gasteiger partial charge in [0.25, 0.3) is 0 Å². The average molecular weight is 467 g/mol. The summed E-state index contributed by atoms with van der Waals surface area (Å²) in [6.45, 7) is 0. The second-order valence-corrected chi connectivity index (χ2v) is 9.23. The number of hydrogen-bond donors (Lipinski definition) is 2. The smallest absolute Gasteiger partial charge is 0.249 e. The molecule has 0 bridgehead atoms. The molecule has 0 aliphatic heterocycles. The molecule has 1 aliphatic carbocycles. The van der Waals surface area contributed by atoms with E-state index >= 15 is 0 Å².